The highest BCUT2D eigenvalue weighted by molar-refractivity contribution is 6.18. The van der Waals surface area contributed by atoms with Gasteiger partial charge in [-0.25, -0.2) is 9.13 Å². The molecule has 0 aliphatic rings. The molecule has 0 aliphatic carbocycles. The van der Waals surface area contributed by atoms with Gasteiger partial charge in [0.15, 0.2) is 36.9 Å². The summed E-state index contributed by atoms with van der Waals surface area (Å²) < 4.78 is 36.5. The zero-order valence-corrected chi connectivity index (χ0v) is 24.5. The molecule has 0 fully saturated rings. The van der Waals surface area contributed by atoms with E-state index in [-0.39, 0.29) is 0 Å². The van der Waals surface area contributed by atoms with Crippen LogP contribution in [0.15, 0.2) is 48.8 Å². The highest BCUT2D eigenvalue weighted by Crippen LogP contribution is 1.90. The second-order valence-corrected chi connectivity index (χ2v) is 8.88. The van der Waals surface area contributed by atoms with E-state index < -0.39 is 0 Å². The van der Waals surface area contributed by atoms with Crippen molar-refractivity contribution >= 4 is 23.2 Å². The van der Waals surface area contributed by atoms with Crippen LogP contribution in [-0.2, 0) is 41.5 Å². The van der Waals surface area contributed by atoms with E-state index in [0.717, 1.165) is 13.1 Å². The van der Waals surface area contributed by atoms with Crippen molar-refractivity contribution in [3.8, 4) is 0 Å². The summed E-state index contributed by atoms with van der Waals surface area (Å²) in [6, 6.07) is 12.4. The van der Waals surface area contributed by atoms with Gasteiger partial charge in [-0.15, -0.1) is 23.2 Å². The van der Waals surface area contributed by atoms with Crippen LogP contribution >= 0.6 is 23.2 Å². The highest BCUT2D eigenvalue weighted by atomic mass is 35.5. The molecule has 8 nitrogen and oxygen atoms in total. The molecule has 0 radical (unpaired) electrons. The van der Waals surface area contributed by atoms with E-state index in [2.05, 4.69) is 47.5 Å². The lowest BCUT2D eigenvalue weighted by Gasteiger charge is -2.06. The quantitative estimate of drug-likeness (QED) is 0.122. The molecule has 2 aromatic rings. The number of rotatable bonds is 22. The fraction of sp³-hybridized carbons (Fsp3) is 0.643. The van der Waals surface area contributed by atoms with E-state index in [1.165, 1.54) is 11.4 Å². The van der Waals surface area contributed by atoms with Crippen molar-refractivity contribution in [2.24, 2.45) is 0 Å². The van der Waals surface area contributed by atoms with Gasteiger partial charge in [0.1, 0.15) is 13.2 Å². The second-order valence-electron chi connectivity index (χ2n) is 8.12. The average molecular weight is 578 g/mol. The third-order valence-electron chi connectivity index (χ3n) is 5.22. The summed E-state index contributed by atoms with van der Waals surface area (Å²) in [5, 5.41) is 0. The van der Waals surface area contributed by atoms with E-state index in [1.54, 1.807) is 0 Å². The van der Waals surface area contributed by atoms with Crippen LogP contribution in [0, 0.1) is 13.8 Å². The van der Waals surface area contributed by atoms with Crippen molar-refractivity contribution in [1.82, 2.24) is 0 Å². The summed E-state index contributed by atoms with van der Waals surface area (Å²) in [6.45, 7) is 13.3. The number of aryl methyl sites for hydroxylation is 2. The van der Waals surface area contributed by atoms with Gasteiger partial charge in [-0.1, -0.05) is 12.1 Å². The molecule has 0 N–H and O–H groups in total. The summed E-state index contributed by atoms with van der Waals surface area (Å²) in [5.74, 6) is 1.05. The number of nitrogens with zero attached hydrogens (tertiary/aromatic N) is 2. The minimum atomic E-state index is 0.527. The van der Waals surface area contributed by atoms with E-state index >= 15 is 0 Å². The number of hydrogen-bond acceptors (Lipinski definition) is 6. The molecule has 10 heteroatoms. The van der Waals surface area contributed by atoms with Gasteiger partial charge in [0.2, 0.25) is 0 Å². The van der Waals surface area contributed by atoms with Crippen LogP contribution in [-0.4, -0.2) is 91.0 Å². The molecule has 0 aromatic carbocycles. The standard InChI is InChI=1S/C20H30N2O3.C8H16Cl2O3/c1-19-7-3-5-9-21(19)11-13-23-15-17-25-18-16-24-14-12-22-10-6-4-8-20(22)2;9-1-3-11-5-7-13-8-6-12-4-2-10/h3-10H,11-18H2,1-2H3;1-8H2/q+2;. The third kappa shape index (κ3) is 19.7. The SMILES string of the molecule is Cc1cccc[n+]1CCOCCOCCOCC[n+]1ccccc1C.ClCCOCCOCCOCCCl. The molecule has 0 spiro atoms. The highest BCUT2D eigenvalue weighted by Gasteiger charge is 2.04. The first kappa shape index (κ1) is 34.7. The van der Waals surface area contributed by atoms with E-state index in [9.17, 15) is 0 Å². The predicted molar refractivity (Wildman–Crippen MR) is 149 cm³/mol. The number of hydrogen-bond donors (Lipinski definition) is 0. The molecular formula is C28H46Cl2N2O6+2. The first-order chi connectivity index (χ1) is 18.7. The Morgan fingerprint density at radius 1 is 0.474 bits per heavy atom. The normalized spacial score (nSPS) is 10.8. The van der Waals surface area contributed by atoms with Crippen molar-refractivity contribution in [2.45, 2.75) is 26.9 Å². The first-order valence-electron chi connectivity index (χ1n) is 13.2. The Balaban J connectivity index is 0.000000471. The Labute approximate surface area is 238 Å². The molecule has 0 bridgehead atoms. The Hall–Kier alpha value is -1.36. The lowest BCUT2D eigenvalue weighted by atomic mass is 10.3. The predicted octanol–water partition coefficient (Wildman–Crippen LogP) is 3.14. The van der Waals surface area contributed by atoms with Gasteiger partial charge in [-0.2, -0.15) is 0 Å². The molecular weight excluding hydrogens is 531 g/mol. The molecule has 0 atom stereocenters. The zero-order valence-electron chi connectivity index (χ0n) is 23.0. The maximum absolute atomic E-state index is 5.60. The molecule has 0 saturated heterocycles. The molecule has 0 saturated carbocycles. The monoisotopic (exact) mass is 576 g/mol. The topological polar surface area (TPSA) is 63.1 Å². The number of ether oxygens (including phenoxy) is 6. The van der Waals surface area contributed by atoms with Crippen LogP contribution in [0.3, 0.4) is 0 Å². The van der Waals surface area contributed by atoms with Crippen LogP contribution in [0.1, 0.15) is 11.4 Å². The van der Waals surface area contributed by atoms with Gasteiger partial charge in [-0.05, 0) is 0 Å². The minimum Gasteiger partial charge on any atom is -0.378 e. The number of pyridine rings is 2. The fourth-order valence-corrected chi connectivity index (χ4v) is 3.36. The lowest BCUT2D eigenvalue weighted by Crippen LogP contribution is -2.38. The van der Waals surface area contributed by atoms with E-state index in [1.807, 2.05) is 24.3 Å². The number of alkyl halides is 2. The number of aromatic nitrogens is 2. The average Bonchev–Trinajstić information content (AvgIpc) is 2.93. The summed E-state index contributed by atoms with van der Waals surface area (Å²) in [5.41, 5.74) is 2.48. The van der Waals surface area contributed by atoms with Gasteiger partial charge >= 0.3 is 0 Å². The Bertz CT molecular complexity index is 740. The molecule has 0 aliphatic heterocycles. The van der Waals surface area contributed by atoms with Crippen molar-refractivity contribution in [1.29, 1.82) is 0 Å². The molecule has 2 heterocycles. The third-order valence-corrected chi connectivity index (χ3v) is 5.53. The van der Waals surface area contributed by atoms with Crippen LogP contribution in [0.5, 0.6) is 0 Å². The minimum absolute atomic E-state index is 0.527. The summed E-state index contributed by atoms with van der Waals surface area (Å²) in [4.78, 5) is 0. The van der Waals surface area contributed by atoms with Crippen molar-refractivity contribution in [3.63, 3.8) is 0 Å². The van der Waals surface area contributed by atoms with Crippen LogP contribution in [0.4, 0.5) is 0 Å². The molecule has 38 heavy (non-hydrogen) atoms. The van der Waals surface area contributed by atoms with Crippen LogP contribution in [0.2, 0.25) is 0 Å². The number of halogens is 2. The summed E-state index contributed by atoms with van der Waals surface area (Å²) in [7, 11) is 0. The molecule has 2 aromatic heterocycles. The van der Waals surface area contributed by atoms with Gasteiger partial charge in [-0.3, -0.25) is 0 Å². The van der Waals surface area contributed by atoms with E-state index in [0.29, 0.717) is 91.0 Å². The second kappa shape index (κ2) is 25.9. The summed E-state index contributed by atoms with van der Waals surface area (Å²) >= 11 is 10.8. The van der Waals surface area contributed by atoms with Crippen molar-refractivity contribution in [2.75, 3.05) is 91.0 Å². The maximum atomic E-state index is 5.60. The molecule has 0 unspecified atom stereocenters. The molecule has 0 amide bonds. The Morgan fingerprint density at radius 3 is 1.11 bits per heavy atom. The largest absolute Gasteiger partial charge is 0.378 e. The summed E-state index contributed by atoms with van der Waals surface area (Å²) in [6.07, 6.45) is 4.14. The molecule has 2 rings (SSSR count). The Morgan fingerprint density at radius 2 is 0.789 bits per heavy atom. The Kier molecular flexibility index (Phi) is 23.6. The van der Waals surface area contributed by atoms with Gasteiger partial charge in [0.05, 0.1) is 66.1 Å². The first-order valence-corrected chi connectivity index (χ1v) is 14.2. The van der Waals surface area contributed by atoms with Crippen LogP contribution < -0.4 is 9.13 Å². The van der Waals surface area contributed by atoms with Crippen molar-refractivity contribution < 1.29 is 37.6 Å². The van der Waals surface area contributed by atoms with Crippen LogP contribution in [0.25, 0.3) is 0 Å². The van der Waals surface area contributed by atoms with Gasteiger partial charge in [0.25, 0.3) is 0 Å². The zero-order chi connectivity index (χ0) is 27.5. The molecule has 216 valence electrons. The van der Waals surface area contributed by atoms with Crippen molar-refractivity contribution in [3.05, 3.63) is 60.2 Å². The van der Waals surface area contributed by atoms with E-state index in [4.69, 9.17) is 51.6 Å². The maximum Gasteiger partial charge on any atom is 0.178 e. The van der Waals surface area contributed by atoms with Gasteiger partial charge < -0.3 is 28.4 Å². The smallest absolute Gasteiger partial charge is 0.178 e. The fourth-order valence-electron chi connectivity index (χ4n) is 3.14. The van der Waals surface area contributed by atoms with Gasteiger partial charge in [0, 0.05) is 49.9 Å². The lowest BCUT2D eigenvalue weighted by molar-refractivity contribution is -0.704.